The number of nitrogens with one attached hydrogen (secondary N) is 1. The van der Waals surface area contributed by atoms with E-state index < -0.39 is 0 Å². The van der Waals surface area contributed by atoms with Gasteiger partial charge in [-0.15, -0.1) is 11.3 Å². The van der Waals surface area contributed by atoms with Gasteiger partial charge in [-0.2, -0.15) is 0 Å². The third kappa shape index (κ3) is 3.51. The molecule has 2 rings (SSSR count). The van der Waals surface area contributed by atoms with Crippen LogP contribution in [0, 0.1) is 0 Å². The Hall–Kier alpha value is -0.650. The number of nitrogens with zero attached hydrogens (tertiary/aromatic N) is 2. The molecule has 0 spiro atoms. The summed E-state index contributed by atoms with van der Waals surface area (Å²) in [7, 11) is 2.15. The molecule has 1 aromatic rings. The fourth-order valence-electron chi connectivity index (χ4n) is 2.43. The zero-order valence-electron chi connectivity index (χ0n) is 13.1. The molecule has 1 N–H and O–H groups in total. The van der Waals surface area contributed by atoms with E-state index in [2.05, 4.69) is 38.0 Å². The molecule has 1 saturated heterocycles. The van der Waals surface area contributed by atoms with Gasteiger partial charge in [-0.05, 0) is 25.3 Å². The van der Waals surface area contributed by atoms with E-state index in [0.717, 1.165) is 44.3 Å². The van der Waals surface area contributed by atoms with Gasteiger partial charge in [-0.1, -0.05) is 20.8 Å². The Balaban J connectivity index is 2.18. The molecule has 1 aliphatic rings. The van der Waals surface area contributed by atoms with Crippen molar-refractivity contribution in [3.8, 4) is 0 Å². The molecule has 0 bridgehead atoms. The minimum absolute atomic E-state index is 0.484. The maximum absolute atomic E-state index is 5.49. The maximum atomic E-state index is 5.49. The van der Waals surface area contributed by atoms with Crippen molar-refractivity contribution in [3.05, 3.63) is 10.6 Å². The molecule has 1 aromatic heterocycles. The molecule has 1 aliphatic heterocycles. The second-order valence-electron chi connectivity index (χ2n) is 5.52. The van der Waals surface area contributed by atoms with Crippen molar-refractivity contribution in [3.63, 3.8) is 0 Å². The molecular formula is C15H27N3OS. The van der Waals surface area contributed by atoms with Crippen molar-refractivity contribution >= 4 is 16.5 Å². The van der Waals surface area contributed by atoms with Gasteiger partial charge in [0.05, 0.1) is 18.3 Å². The molecule has 2 atom stereocenters. The Morgan fingerprint density at radius 3 is 2.90 bits per heavy atom. The zero-order valence-corrected chi connectivity index (χ0v) is 13.9. The summed E-state index contributed by atoms with van der Waals surface area (Å²) in [5, 5.41) is 4.58. The standard InChI is InChI=1S/C15H27N3OS/c1-5-11(3)14-13(9-16-6-2)20-15(17-14)18(4)12-7-8-19-10-12/h11-12,16H,5-10H2,1-4H3. The van der Waals surface area contributed by atoms with Gasteiger partial charge in [-0.3, -0.25) is 0 Å². The first-order valence-electron chi connectivity index (χ1n) is 7.68. The largest absolute Gasteiger partial charge is 0.379 e. The summed E-state index contributed by atoms with van der Waals surface area (Å²) in [6.45, 7) is 10.3. The fraction of sp³-hybridized carbons (Fsp3) is 0.800. The number of thiazole rings is 1. The summed E-state index contributed by atoms with van der Waals surface area (Å²) >= 11 is 1.83. The normalized spacial score (nSPS) is 20.3. The van der Waals surface area contributed by atoms with Gasteiger partial charge in [0.25, 0.3) is 0 Å². The number of rotatable bonds is 7. The first-order chi connectivity index (χ1) is 9.67. The molecule has 0 aromatic carbocycles. The number of ether oxygens (including phenoxy) is 1. The third-order valence-electron chi connectivity index (χ3n) is 4.09. The number of aromatic nitrogens is 1. The van der Waals surface area contributed by atoms with Crippen LogP contribution < -0.4 is 10.2 Å². The highest BCUT2D eigenvalue weighted by molar-refractivity contribution is 7.15. The molecule has 0 amide bonds. The summed E-state index contributed by atoms with van der Waals surface area (Å²) in [6, 6.07) is 0.484. The highest BCUT2D eigenvalue weighted by atomic mass is 32.1. The van der Waals surface area contributed by atoms with Crippen molar-refractivity contribution in [2.45, 2.75) is 52.1 Å². The number of likely N-dealkylation sites (N-methyl/N-ethyl adjacent to an activating group) is 1. The minimum atomic E-state index is 0.484. The molecule has 5 heteroatoms. The number of anilines is 1. The van der Waals surface area contributed by atoms with Crippen LogP contribution in [0.2, 0.25) is 0 Å². The van der Waals surface area contributed by atoms with Crippen LogP contribution >= 0.6 is 11.3 Å². The van der Waals surface area contributed by atoms with Gasteiger partial charge in [0.1, 0.15) is 0 Å². The van der Waals surface area contributed by atoms with E-state index in [4.69, 9.17) is 9.72 Å². The molecule has 4 nitrogen and oxygen atoms in total. The Kier molecular flexibility index (Phi) is 5.81. The molecule has 114 valence electrons. The molecule has 20 heavy (non-hydrogen) atoms. The van der Waals surface area contributed by atoms with Crippen molar-refractivity contribution < 1.29 is 4.74 Å². The Morgan fingerprint density at radius 2 is 2.30 bits per heavy atom. The third-order valence-corrected chi connectivity index (χ3v) is 5.25. The second-order valence-corrected chi connectivity index (χ2v) is 6.58. The quantitative estimate of drug-likeness (QED) is 0.839. The number of hydrogen-bond donors (Lipinski definition) is 1. The average molecular weight is 297 g/mol. The monoisotopic (exact) mass is 297 g/mol. The predicted molar refractivity (Wildman–Crippen MR) is 85.8 cm³/mol. The van der Waals surface area contributed by atoms with Crippen molar-refractivity contribution in [1.82, 2.24) is 10.3 Å². The van der Waals surface area contributed by atoms with Crippen LogP contribution in [0.4, 0.5) is 5.13 Å². The van der Waals surface area contributed by atoms with E-state index in [1.807, 2.05) is 11.3 Å². The first-order valence-corrected chi connectivity index (χ1v) is 8.49. The van der Waals surface area contributed by atoms with Gasteiger partial charge in [0.15, 0.2) is 5.13 Å². The second kappa shape index (κ2) is 7.38. The van der Waals surface area contributed by atoms with Gasteiger partial charge >= 0.3 is 0 Å². The molecule has 0 aliphatic carbocycles. The van der Waals surface area contributed by atoms with Crippen LogP contribution in [0.25, 0.3) is 0 Å². The van der Waals surface area contributed by atoms with Crippen molar-refractivity contribution in [2.75, 3.05) is 31.7 Å². The van der Waals surface area contributed by atoms with Crippen LogP contribution in [0.5, 0.6) is 0 Å². The Bertz CT molecular complexity index is 415. The predicted octanol–water partition coefficient (Wildman–Crippen LogP) is 2.99. The lowest BCUT2D eigenvalue weighted by molar-refractivity contribution is 0.193. The van der Waals surface area contributed by atoms with E-state index >= 15 is 0 Å². The van der Waals surface area contributed by atoms with Crippen LogP contribution in [0.15, 0.2) is 0 Å². The van der Waals surface area contributed by atoms with Gasteiger partial charge in [0, 0.05) is 25.1 Å². The highest BCUT2D eigenvalue weighted by Gasteiger charge is 2.24. The molecule has 2 unspecified atom stereocenters. The Morgan fingerprint density at radius 1 is 1.50 bits per heavy atom. The van der Waals surface area contributed by atoms with E-state index in [-0.39, 0.29) is 0 Å². The molecular weight excluding hydrogens is 270 g/mol. The lowest BCUT2D eigenvalue weighted by Crippen LogP contribution is -2.31. The van der Waals surface area contributed by atoms with Crippen LogP contribution in [-0.4, -0.2) is 37.8 Å². The average Bonchev–Trinajstić information content (AvgIpc) is 3.12. The molecule has 2 heterocycles. The van der Waals surface area contributed by atoms with Crippen molar-refractivity contribution in [1.29, 1.82) is 0 Å². The minimum Gasteiger partial charge on any atom is -0.379 e. The fourth-order valence-corrected chi connectivity index (χ4v) is 3.61. The van der Waals surface area contributed by atoms with E-state index in [1.54, 1.807) is 0 Å². The summed E-state index contributed by atoms with van der Waals surface area (Å²) < 4.78 is 5.49. The summed E-state index contributed by atoms with van der Waals surface area (Å²) in [6.07, 6.45) is 2.25. The maximum Gasteiger partial charge on any atom is 0.185 e. The van der Waals surface area contributed by atoms with Crippen LogP contribution in [-0.2, 0) is 11.3 Å². The summed E-state index contributed by atoms with van der Waals surface area (Å²) in [4.78, 5) is 8.62. The first kappa shape index (κ1) is 15.7. The lowest BCUT2D eigenvalue weighted by Gasteiger charge is -2.22. The lowest BCUT2D eigenvalue weighted by atomic mass is 10.0. The molecule has 0 saturated carbocycles. The van der Waals surface area contributed by atoms with Crippen molar-refractivity contribution in [2.24, 2.45) is 0 Å². The van der Waals surface area contributed by atoms with Crippen LogP contribution in [0.3, 0.4) is 0 Å². The van der Waals surface area contributed by atoms with E-state index in [9.17, 15) is 0 Å². The SMILES string of the molecule is CCNCc1sc(N(C)C2CCOC2)nc1C(C)CC. The Labute approximate surface area is 126 Å². The summed E-state index contributed by atoms with van der Waals surface area (Å²) in [5.41, 5.74) is 1.28. The highest BCUT2D eigenvalue weighted by Crippen LogP contribution is 2.33. The topological polar surface area (TPSA) is 37.4 Å². The zero-order chi connectivity index (χ0) is 14.5. The van der Waals surface area contributed by atoms with Crippen LogP contribution in [0.1, 0.15) is 50.1 Å². The van der Waals surface area contributed by atoms with Gasteiger partial charge in [-0.25, -0.2) is 4.98 Å². The van der Waals surface area contributed by atoms with Gasteiger partial charge in [0.2, 0.25) is 0 Å². The van der Waals surface area contributed by atoms with E-state index in [0.29, 0.717) is 12.0 Å². The number of hydrogen-bond acceptors (Lipinski definition) is 5. The van der Waals surface area contributed by atoms with Gasteiger partial charge < -0.3 is 15.0 Å². The molecule has 0 radical (unpaired) electrons. The smallest absolute Gasteiger partial charge is 0.185 e. The van der Waals surface area contributed by atoms with E-state index in [1.165, 1.54) is 10.6 Å². The summed E-state index contributed by atoms with van der Waals surface area (Å²) in [5.74, 6) is 0.530. The molecule has 1 fully saturated rings.